The van der Waals surface area contributed by atoms with Crippen molar-refractivity contribution in [2.75, 3.05) is 24.2 Å². The molecule has 0 atom stereocenters. The molecule has 1 N–H and O–H groups in total. The van der Waals surface area contributed by atoms with E-state index in [9.17, 15) is 9.59 Å². The molecule has 0 aromatic carbocycles. The third-order valence-electron chi connectivity index (χ3n) is 2.23. The molecule has 1 aliphatic rings. The van der Waals surface area contributed by atoms with Crippen LogP contribution >= 0.6 is 23.1 Å². The lowest BCUT2D eigenvalue weighted by atomic mass is 10.4. The molecular weight excluding hydrogens is 260 g/mol. The van der Waals surface area contributed by atoms with E-state index in [1.807, 2.05) is 6.92 Å². The summed E-state index contributed by atoms with van der Waals surface area (Å²) in [5.74, 6) is 0.682. The number of carbonyl (C=O) groups is 2. The third-order valence-corrected chi connectivity index (χ3v) is 3.87. The van der Waals surface area contributed by atoms with Crippen molar-refractivity contribution in [1.82, 2.24) is 15.1 Å². The van der Waals surface area contributed by atoms with Gasteiger partial charge in [0.2, 0.25) is 11.0 Å². The molecule has 1 aromatic heterocycles. The van der Waals surface area contributed by atoms with Crippen molar-refractivity contribution in [1.29, 1.82) is 0 Å². The minimum Gasteiger partial charge on any atom is -0.332 e. The fourth-order valence-corrected chi connectivity index (χ4v) is 2.85. The van der Waals surface area contributed by atoms with E-state index >= 15 is 0 Å². The molecule has 17 heavy (non-hydrogen) atoms. The summed E-state index contributed by atoms with van der Waals surface area (Å²) in [6, 6.07) is 0. The Morgan fingerprint density at radius 2 is 2.35 bits per heavy atom. The number of carbonyl (C=O) groups excluding carboxylic acids is 2. The summed E-state index contributed by atoms with van der Waals surface area (Å²) in [6.45, 7) is 3.03. The lowest BCUT2D eigenvalue weighted by molar-refractivity contribution is -0.116. The molecule has 2 amide bonds. The monoisotopic (exact) mass is 272 g/mol. The molecule has 2 rings (SSSR count). The van der Waals surface area contributed by atoms with Gasteiger partial charge in [0.25, 0.3) is 5.24 Å². The second-order valence-electron chi connectivity index (χ2n) is 3.53. The first-order chi connectivity index (χ1) is 8.15. The molecular formula is C9H12N4O2S2. The highest BCUT2D eigenvalue weighted by Gasteiger charge is 2.21. The second-order valence-corrected chi connectivity index (χ2v) is 5.75. The predicted octanol–water partition coefficient (Wildman–Crippen LogP) is 1.34. The van der Waals surface area contributed by atoms with Crippen LogP contribution in [0.2, 0.25) is 0 Å². The number of rotatable bonds is 4. The van der Waals surface area contributed by atoms with Gasteiger partial charge in [-0.2, -0.15) is 0 Å². The number of anilines is 1. The van der Waals surface area contributed by atoms with Crippen molar-refractivity contribution >= 4 is 39.4 Å². The van der Waals surface area contributed by atoms with Crippen molar-refractivity contribution in [2.45, 2.75) is 13.3 Å². The molecule has 1 aromatic rings. The highest BCUT2D eigenvalue weighted by Crippen LogP contribution is 2.18. The van der Waals surface area contributed by atoms with Gasteiger partial charge in [-0.05, 0) is 6.92 Å². The Labute approximate surface area is 107 Å². The fourth-order valence-electron chi connectivity index (χ4n) is 1.39. The minimum atomic E-state index is -0.133. The van der Waals surface area contributed by atoms with Crippen molar-refractivity contribution in [2.24, 2.45) is 0 Å². The number of aromatic nitrogens is 2. The van der Waals surface area contributed by atoms with Gasteiger partial charge in [-0.25, -0.2) is 0 Å². The van der Waals surface area contributed by atoms with E-state index in [1.165, 1.54) is 23.1 Å². The van der Waals surface area contributed by atoms with Crippen LogP contribution in [0.3, 0.4) is 0 Å². The molecule has 1 fully saturated rings. The summed E-state index contributed by atoms with van der Waals surface area (Å²) >= 11 is 2.64. The van der Waals surface area contributed by atoms with Gasteiger partial charge in [0.05, 0.1) is 0 Å². The smallest absolute Gasteiger partial charge is 0.281 e. The predicted molar refractivity (Wildman–Crippen MR) is 67.3 cm³/mol. The van der Waals surface area contributed by atoms with Gasteiger partial charge in [-0.15, -0.1) is 10.2 Å². The first kappa shape index (κ1) is 12.3. The van der Waals surface area contributed by atoms with Crippen LogP contribution in [0.5, 0.6) is 0 Å². The van der Waals surface area contributed by atoms with Gasteiger partial charge in [-0.3, -0.25) is 9.59 Å². The van der Waals surface area contributed by atoms with Crippen LogP contribution in [-0.2, 0) is 4.79 Å². The van der Waals surface area contributed by atoms with Crippen LogP contribution in [0.4, 0.5) is 9.93 Å². The van der Waals surface area contributed by atoms with Gasteiger partial charge < -0.3 is 10.2 Å². The number of thioether (sulfide) groups is 1. The van der Waals surface area contributed by atoms with Gasteiger partial charge >= 0.3 is 0 Å². The van der Waals surface area contributed by atoms with Gasteiger partial charge in [-0.1, -0.05) is 23.1 Å². The number of hydrogen-bond acceptors (Lipinski definition) is 6. The molecule has 0 saturated carbocycles. The van der Waals surface area contributed by atoms with Crippen molar-refractivity contribution in [3.05, 3.63) is 5.01 Å². The Kier molecular flexibility index (Phi) is 3.95. The Morgan fingerprint density at radius 3 is 2.94 bits per heavy atom. The van der Waals surface area contributed by atoms with Crippen molar-refractivity contribution < 1.29 is 9.59 Å². The quantitative estimate of drug-likeness (QED) is 0.895. The Morgan fingerprint density at radius 1 is 1.53 bits per heavy atom. The topological polar surface area (TPSA) is 75.2 Å². The van der Waals surface area contributed by atoms with Crippen LogP contribution < -0.4 is 5.32 Å². The van der Waals surface area contributed by atoms with Gasteiger partial charge in [0.15, 0.2) is 0 Å². The van der Waals surface area contributed by atoms with E-state index in [2.05, 4.69) is 15.5 Å². The third kappa shape index (κ3) is 3.40. The molecule has 0 bridgehead atoms. The summed E-state index contributed by atoms with van der Waals surface area (Å²) in [4.78, 5) is 24.5. The maximum atomic E-state index is 11.6. The molecule has 6 nitrogen and oxygen atoms in total. The van der Waals surface area contributed by atoms with Crippen molar-refractivity contribution in [3.8, 4) is 0 Å². The first-order valence-corrected chi connectivity index (χ1v) is 6.97. The molecule has 1 aliphatic heterocycles. The number of aryl methyl sites for hydroxylation is 1. The molecule has 92 valence electrons. The SMILES string of the molecule is Cc1nnc(NC(=O)CCN2CCSC2=O)s1. The highest BCUT2D eigenvalue weighted by molar-refractivity contribution is 8.13. The zero-order valence-corrected chi connectivity index (χ0v) is 10.9. The maximum Gasteiger partial charge on any atom is 0.281 e. The number of hydrogen-bond donors (Lipinski definition) is 1. The summed E-state index contributed by atoms with van der Waals surface area (Å²) in [5.41, 5.74) is 0. The lowest BCUT2D eigenvalue weighted by Gasteiger charge is -2.13. The van der Waals surface area contributed by atoms with Crippen LogP contribution in [0.1, 0.15) is 11.4 Å². The van der Waals surface area contributed by atoms with E-state index in [1.54, 1.807) is 4.90 Å². The average molecular weight is 272 g/mol. The van der Waals surface area contributed by atoms with Crippen LogP contribution in [0.15, 0.2) is 0 Å². The number of amides is 2. The standard InChI is InChI=1S/C9H12N4O2S2/c1-6-11-12-8(17-6)10-7(14)2-3-13-4-5-16-9(13)15/h2-5H2,1H3,(H,10,12,14). The second kappa shape index (κ2) is 5.46. The van der Waals surface area contributed by atoms with Gasteiger partial charge in [0, 0.05) is 25.3 Å². The molecule has 1 saturated heterocycles. The van der Waals surface area contributed by atoms with Crippen molar-refractivity contribution in [3.63, 3.8) is 0 Å². The Bertz CT molecular complexity index is 434. The van der Waals surface area contributed by atoms with E-state index in [-0.39, 0.29) is 11.1 Å². The summed E-state index contributed by atoms with van der Waals surface area (Å²) < 4.78 is 0. The molecule has 2 heterocycles. The molecule has 0 unspecified atom stereocenters. The van der Waals surface area contributed by atoms with Gasteiger partial charge in [0.1, 0.15) is 5.01 Å². The van der Waals surface area contributed by atoms with E-state index in [4.69, 9.17) is 0 Å². The number of nitrogens with zero attached hydrogens (tertiary/aromatic N) is 3. The van der Waals surface area contributed by atoms with E-state index < -0.39 is 0 Å². The largest absolute Gasteiger partial charge is 0.332 e. The maximum absolute atomic E-state index is 11.6. The Balaban J connectivity index is 1.76. The Hall–Kier alpha value is -1.15. The first-order valence-electron chi connectivity index (χ1n) is 5.17. The summed E-state index contributed by atoms with van der Waals surface area (Å²) in [6.07, 6.45) is 0.297. The van der Waals surface area contributed by atoms with E-state index in [0.717, 1.165) is 17.3 Å². The molecule has 0 radical (unpaired) electrons. The highest BCUT2D eigenvalue weighted by atomic mass is 32.2. The zero-order chi connectivity index (χ0) is 12.3. The van der Waals surface area contributed by atoms with Crippen LogP contribution in [0, 0.1) is 6.92 Å². The lowest BCUT2D eigenvalue weighted by Crippen LogP contribution is -2.27. The summed E-state index contributed by atoms with van der Waals surface area (Å²) in [5, 5.41) is 11.7. The fraction of sp³-hybridized carbons (Fsp3) is 0.556. The molecule has 0 aliphatic carbocycles. The average Bonchev–Trinajstić information content (AvgIpc) is 2.85. The summed E-state index contributed by atoms with van der Waals surface area (Å²) in [7, 11) is 0. The van der Waals surface area contributed by atoms with E-state index in [0.29, 0.717) is 18.1 Å². The zero-order valence-electron chi connectivity index (χ0n) is 9.30. The minimum absolute atomic E-state index is 0.0598. The van der Waals surface area contributed by atoms with Crippen LogP contribution in [-0.4, -0.2) is 45.1 Å². The molecule has 8 heteroatoms. The van der Waals surface area contributed by atoms with Crippen LogP contribution in [0.25, 0.3) is 0 Å². The number of nitrogens with one attached hydrogen (secondary N) is 1. The molecule has 0 spiro atoms. The normalized spacial score (nSPS) is 15.4.